The van der Waals surface area contributed by atoms with Crippen LogP contribution in [0.25, 0.3) is 0 Å². The maximum absolute atomic E-state index is 6.62. The first-order valence-corrected chi connectivity index (χ1v) is 25.3. The average molecular weight is 695 g/mol. The molecule has 0 aliphatic heterocycles. The lowest BCUT2D eigenvalue weighted by Gasteiger charge is -2.35. The van der Waals surface area contributed by atoms with Crippen LogP contribution in [0.5, 0.6) is 0 Å². The molecule has 266 valence electrons. The van der Waals surface area contributed by atoms with E-state index < -0.39 is 19.0 Å². The van der Waals surface area contributed by atoms with Crippen molar-refractivity contribution >= 4 is 40.6 Å². The molecule has 4 nitrogen and oxygen atoms in total. The van der Waals surface area contributed by atoms with Gasteiger partial charge in [-0.3, -0.25) is 0 Å². The monoisotopic (exact) mass is 694 g/mol. The van der Waals surface area contributed by atoms with Gasteiger partial charge in [-0.05, 0) is 64.2 Å². The van der Waals surface area contributed by atoms with Crippen LogP contribution in [0.2, 0.25) is 12.1 Å². The highest BCUT2D eigenvalue weighted by atomic mass is 33.1. The lowest BCUT2D eigenvalue weighted by Crippen LogP contribution is -2.43. The summed E-state index contributed by atoms with van der Waals surface area (Å²) < 4.78 is 26.5. The summed E-state index contributed by atoms with van der Waals surface area (Å²) in [6.45, 7) is 17.2. The van der Waals surface area contributed by atoms with Crippen LogP contribution in [0.15, 0.2) is 0 Å². The van der Waals surface area contributed by atoms with Gasteiger partial charge in [0, 0.05) is 37.9 Å². The summed E-state index contributed by atoms with van der Waals surface area (Å²) in [6.07, 6.45) is 24.4. The van der Waals surface area contributed by atoms with E-state index in [0.29, 0.717) is 0 Å². The molecule has 0 aromatic carbocycles. The fourth-order valence-electron chi connectivity index (χ4n) is 5.47. The van der Waals surface area contributed by atoms with Crippen molar-refractivity contribution in [1.82, 2.24) is 0 Å². The standard InChI is InChI=1S/C36H78O4S2Si2/c1-7-13-19-27-37-35(43-33-11-5,38-28-20-14-8-2)25-17-23-31-41-42-32-24-18-26-36(44-34-12-6,39-29-21-15-9-3)40-30-22-16-10-4/h7-34,43-44H2,1-6H3. The highest BCUT2D eigenvalue weighted by molar-refractivity contribution is 8.76. The van der Waals surface area contributed by atoms with Crippen molar-refractivity contribution in [2.24, 2.45) is 0 Å². The van der Waals surface area contributed by atoms with Gasteiger partial charge in [-0.2, -0.15) is 0 Å². The molecule has 0 radical (unpaired) electrons. The maximum atomic E-state index is 6.62. The lowest BCUT2D eigenvalue weighted by atomic mass is 10.2. The molecule has 0 spiro atoms. The number of hydrogen-bond donors (Lipinski definition) is 0. The van der Waals surface area contributed by atoms with Gasteiger partial charge in [0.05, 0.1) is 19.0 Å². The number of rotatable bonds is 37. The summed E-state index contributed by atoms with van der Waals surface area (Å²) in [6, 6.07) is 2.64. The Hall–Kier alpha value is 0.974. The number of hydrogen-bond acceptors (Lipinski definition) is 6. The minimum absolute atomic E-state index is 0.222. The van der Waals surface area contributed by atoms with Gasteiger partial charge in [-0.25, -0.2) is 0 Å². The second-order valence-electron chi connectivity index (χ2n) is 12.8. The molecule has 0 aromatic rings. The van der Waals surface area contributed by atoms with Gasteiger partial charge >= 0.3 is 0 Å². The summed E-state index contributed by atoms with van der Waals surface area (Å²) in [7, 11) is 3.32. The van der Waals surface area contributed by atoms with Crippen LogP contribution in [0.3, 0.4) is 0 Å². The average Bonchev–Trinajstić information content (AvgIpc) is 3.04. The summed E-state index contributed by atoms with van der Waals surface area (Å²) in [4.78, 5) is 0. The normalized spacial score (nSPS) is 13.0. The Morgan fingerprint density at radius 3 is 0.977 bits per heavy atom. The first-order chi connectivity index (χ1) is 21.6. The van der Waals surface area contributed by atoms with E-state index in [1.54, 1.807) is 0 Å². The minimum Gasteiger partial charge on any atom is -0.354 e. The maximum Gasteiger partial charge on any atom is 0.144 e. The third-order valence-corrected chi connectivity index (χ3v) is 16.2. The molecule has 0 fully saturated rings. The van der Waals surface area contributed by atoms with Gasteiger partial charge in [-0.1, -0.05) is 139 Å². The second-order valence-corrected chi connectivity index (χ2v) is 20.1. The summed E-state index contributed by atoms with van der Waals surface area (Å²) in [5, 5.41) is 0. The molecule has 0 bridgehead atoms. The highest BCUT2D eigenvalue weighted by Gasteiger charge is 2.32. The van der Waals surface area contributed by atoms with E-state index in [1.807, 2.05) is 0 Å². The van der Waals surface area contributed by atoms with Crippen LogP contribution in [-0.2, 0) is 18.9 Å². The van der Waals surface area contributed by atoms with E-state index >= 15 is 0 Å². The largest absolute Gasteiger partial charge is 0.354 e. The Morgan fingerprint density at radius 1 is 0.386 bits per heavy atom. The van der Waals surface area contributed by atoms with Crippen LogP contribution in [0.4, 0.5) is 0 Å². The zero-order valence-corrected chi connectivity index (χ0v) is 35.1. The van der Waals surface area contributed by atoms with Crippen LogP contribution in [0, 0.1) is 0 Å². The molecular formula is C36H78O4S2Si2. The fraction of sp³-hybridized carbons (Fsp3) is 1.00. The third-order valence-electron chi connectivity index (χ3n) is 8.43. The van der Waals surface area contributed by atoms with Crippen molar-refractivity contribution in [2.45, 2.75) is 193 Å². The second kappa shape index (κ2) is 33.9. The quantitative estimate of drug-likeness (QED) is 0.0279. The number of unbranched alkanes of at least 4 members (excludes halogenated alkanes) is 10. The first kappa shape index (κ1) is 45.0. The Morgan fingerprint density at radius 2 is 0.705 bits per heavy atom. The molecule has 0 aliphatic rings. The highest BCUT2D eigenvalue weighted by Crippen LogP contribution is 2.29. The van der Waals surface area contributed by atoms with Crippen molar-refractivity contribution in [3.8, 4) is 0 Å². The molecule has 0 saturated carbocycles. The molecule has 0 atom stereocenters. The predicted octanol–water partition coefficient (Wildman–Crippen LogP) is 10.8. The molecule has 0 amide bonds. The topological polar surface area (TPSA) is 36.9 Å². The Kier molecular flexibility index (Phi) is 34.6. The van der Waals surface area contributed by atoms with Crippen molar-refractivity contribution in [1.29, 1.82) is 0 Å². The van der Waals surface area contributed by atoms with E-state index in [-0.39, 0.29) is 10.8 Å². The molecule has 8 heteroatoms. The smallest absolute Gasteiger partial charge is 0.144 e. The van der Waals surface area contributed by atoms with Crippen molar-refractivity contribution < 1.29 is 18.9 Å². The van der Waals surface area contributed by atoms with Gasteiger partial charge in [0.25, 0.3) is 0 Å². The summed E-state index contributed by atoms with van der Waals surface area (Å²) >= 11 is 0. The SMILES string of the molecule is CCCCCOC(CCCCSSCCCCC(OCCCCC)(OCCCCC)[SiH2]CCC)(OCCCCC)[SiH2]CCC. The van der Waals surface area contributed by atoms with Crippen LogP contribution >= 0.6 is 21.6 Å². The predicted molar refractivity (Wildman–Crippen MR) is 207 cm³/mol. The van der Waals surface area contributed by atoms with Gasteiger partial charge in [0.1, 0.15) is 10.8 Å². The Bertz CT molecular complexity index is 502. The summed E-state index contributed by atoms with van der Waals surface area (Å²) in [5.74, 6) is 2.46. The Balaban J connectivity index is 4.61. The molecule has 0 rings (SSSR count). The fourth-order valence-corrected chi connectivity index (χ4v) is 11.7. The van der Waals surface area contributed by atoms with Crippen molar-refractivity contribution in [3.05, 3.63) is 0 Å². The molecule has 0 unspecified atom stereocenters. The van der Waals surface area contributed by atoms with Crippen LogP contribution < -0.4 is 0 Å². The molecule has 0 aromatic heterocycles. The number of ether oxygens (including phenoxy) is 4. The first-order valence-electron chi connectivity index (χ1n) is 19.4. The van der Waals surface area contributed by atoms with Crippen LogP contribution in [0.1, 0.15) is 170 Å². The van der Waals surface area contributed by atoms with E-state index in [0.717, 1.165) is 39.3 Å². The van der Waals surface area contributed by atoms with Gasteiger partial charge in [-0.15, -0.1) is 0 Å². The van der Waals surface area contributed by atoms with E-state index in [9.17, 15) is 0 Å². The van der Waals surface area contributed by atoms with Gasteiger partial charge in [0.15, 0.2) is 0 Å². The summed E-state index contributed by atoms with van der Waals surface area (Å²) in [5.41, 5.74) is -0.444. The lowest BCUT2D eigenvalue weighted by molar-refractivity contribution is -0.187. The molecular weight excluding hydrogens is 617 g/mol. The Labute approximate surface area is 289 Å². The van der Waals surface area contributed by atoms with E-state index in [4.69, 9.17) is 18.9 Å². The van der Waals surface area contributed by atoms with E-state index in [2.05, 4.69) is 63.1 Å². The zero-order chi connectivity index (χ0) is 32.5. The minimum atomic E-state index is -0.412. The third kappa shape index (κ3) is 26.0. The van der Waals surface area contributed by atoms with Crippen LogP contribution in [-0.4, -0.2) is 67.8 Å². The van der Waals surface area contributed by atoms with Crippen molar-refractivity contribution in [2.75, 3.05) is 37.9 Å². The molecule has 0 aliphatic carbocycles. The molecule has 0 heterocycles. The van der Waals surface area contributed by atoms with Gasteiger partial charge < -0.3 is 18.9 Å². The molecule has 0 saturated heterocycles. The zero-order valence-electron chi connectivity index (χ0n) is 30.7. The van der Waals surface area contributed by atoms with Crippen molar-refractivity contribution in [3.63, 3.8) is 0 Å². The van der Waals surface area contributed by atoms with E-state index in [1.165, 1.54) is 139 Å². The van der Waals surface area contributed by atoms with Gasteiger partial charge in [0.2, 0.25) is 0 Å². The molecule has 0 N–H and O–H groups in total. The molecule has 44 heavy (non-hydrogen) atoms.